The minimum absolute atomic E-state index is 0.118. The fraction of sp³-hybridized carbons (Fsp3) is 1.00. The van der Waals surface area contributed by atoms with Crippen LogP contribution in [-0.2, 0) is 0 Å². The lowest BCUT2D eigenvalue weighted by Crippen LogP contribution is -2.69. The van der Waals surface area contributed by atoms with Crippen molar-refractivity contribution in [3.05, 3.63) is 0 Å². The average molecular weight is 461 g/mol. The topological polar surface area (TPSA) is 60.7 Å². The maximum absolute atomic E-state index is 11.5. The molecule has 0 aliphatic heterocycles. The van der Waals surface area contributed by atoms with E-state index in [4.69, 9.17) is 0 Å². The predicted octanol–water partition coefficient (Wildman–Crippen LogP) is 6.19. The highest BCUT2D eigenvalue weighted by Crippen LogP contribution is 2.78. The predicted molar refractivity (Wildman–Crippen MR) is 134 cm³/mol. The van der Waals surface area contributed by atoms with Gasteiger partial charge in [-0.15, -0.1) is 0 Å². The second-order valence-electron chi connectivity index (χ2n) is 15.5. The van der Waals surface area contributed by atoms with Crippen LogP contribution < -0.4 is 0 Å². The van der Waals surface area contributed by atoms with Gasteiger partial charge < -0.3 is 15.3 Å². The van der Waals surface area contributed by atoms with E-state index in [-0.39, 0.29) is 21.7 Å². The van der Waals surface area contributed by atoms with Crippen molar-refractivity contribution in [1.82, 2.24) is 0 Å². The Bertz CT molecular complexity index is 799. The molecule has 0 radical (unpaired) electrons. The first-order chi connectivity index (χ1) is 15.0. The summed E-state index contributed by atoms with van der Waals surface area (Å²) in [4.78, 5) is 0. The smallest absolute Gasteiger partial charge is 0.0624 e. The van der Waals surface area contributed by atoms with Crippen molar-refractivity contribution >= 4 is 0 Å². The number of aliphatic hydroxyl groups excluding tert-OH is 2. The van der Waals surface area contributed by atoms with Gasteiger partial charge in [-0.3, -0.25) is 0 Å². The molecule has 0 aromatic carbocycles. The summed E-state index contributed by atoms with van der Waals surface area (Å²) in [5.74, 6) is 2.65. The molecule has 5 aliphatic rings. The van der Waals surface area contributed by atoms with E-state index in [2.05, 4.69) is 41.5 Å². The first-order valence-corrected chi connectivity index (χ1v) is 14.1. The minimum Gasteiger partial charge on any atom is -0.392 e. The number of hydrogen-bond acceptors (Lipinski definition) is 3. The lowest BCUT2D eigenvalue weighted by molar-refractivity contribution is -0.277. The van der Waals surface area contributed by atoms with Crippen LogP contribution in [0.2, 0.25) is 0 Å². The zero-order chi connectivity index (χ0) is 24.4. The zero-order valence-electron chi connectivity index (χ0n) is 22.7. The Morgan fingerprint density at radius 2 is 1.24 bits per heavy atom. The first kappa shape index (κ1) is 24.6. The zero-order valence-corrected chi connectivity index (χ0v) is 22.7. The van der Waals surface area contributed by atoms with Crippen molar-refractivity contribution in [3.8, 4) is 0 Å². The van der Waals surface area contributed by atoms with Crippen molar-refractivity contribution in [3.63, 3.8) is 0 Å². The lowest BCUT2D eigenvalue weighted by Gasteiger charge is -2.74. The number of aliphatic hydroxyl groups is 3. The fourth-order valence-corrected chi connectivity index (χ4v) is 12.0. The van der Waals surface area contributed by atoms with Crippen molar-refractivity contribution in [2.75, 3.05) is 0 Å². The van der Waals surface area contributed by atoms with E-state index in [0.717, 1.165) is 6.42 Å². The Labute approximate surface area is 203 Å². The van der Waals surface area contributed by atoms with Crippen LogP contribution in [0.3, 0.4) is 0 Å². The molecule has 3 heteroatoms. The quantitative estimate of drug-likeness (QED) is 0.437. The molecule has 0 spiro atoms. The summed E-state index contributed by atoms with van der Waals surface area (Å²) in [6.07, 6.45) is 9.47. The van der Waals surface area contributed by atoms with Crippen molar-refractivity contribution in [2.45, 2.75) is 131 Å². The molecule has 3 nitrogen and oxygen atoms in total. The summed E-state index contributed by atoms with van der Waals surface area (Å²) < 4.78 is 0. The number of rotatable bonds is 1. The number of fused-ring (bicyclic) bond motifs is 7. The van der Waals surface area contributed by atoms with Crippen LogP contribution in [0, 0.1) is 56.7 Å². The molecule has 3 N–H and O–H groups in total. The minimum atomic E-state index is -0.582. The summed E-state index contributed by atoms with van der Waals surface area (Å²) in [5.41, 5.74) is -0.00872. The third-order valence-electron chi connectivity index (χ3n) is 14.0. The molecule has 0 bridgehead atoms. The van der Waals surface area contributed by atoms with Gasteiger partial charge in [-0.1, -0.05) is 41.5 Å². The van der Waals surface area contributed by atoms with Crippen LogP contribution in [0.25, 0.3) is 0 Å². The maximum atomic E-state index is 11.5. The normalized spacial score (nSPS) is 58.1. The van der Waals surface area contributed by atoms with Crippen molar-refractivity contribution in [2.24, 2.45) is 56.7 Å². The Kier molecular flexibility index (Phi) is 5.21. The van der Waals surface area contributed by atoms with Gasteiger partial charge in [0.05, 0.1) is 17.8 Å². The molecular weight excluding hydrogens is 408 g/mol. The highest BCUT2D eigenvalue weighted by molar-refractivity contribution is 5.21. The molecule has 5 rings (SSSR count). The fourth-order valence-electron chi connectivity index (χ4n) is 12.0. The van der Waals surface area contributed by atoms with Crippen LogP contribution in [0.1, 0.15) is 113 Å². The third-order valence-corrected chi connectivity index (χ3v) is 14.0. The summed E-state index contributed by atoms with van der Waals surface area (Å²) in [5, 5.41) is 33.4. The van der Waals surface area contributed by atoms with Crippen molar-refractivity contribution < 1.29 is 15.3 Å². The van der Waals surface area contributed by atoms with Gasteiger partial charge >= 0.3 is 0 Å². The number of hydrogen-bond donors (Lipinski definition) is 3. The van der Waals surface area contributed by atoms with Gasteiger partial charge in [0.25, 0.3) is 0 Å². The third kappa shape index (κ3) is 2.85. The van der Waals surface area contributed by atoms with Gasteiger partial charge in [-0.25, -0.2) is 0 Å². The lowest BCUT2D eigenvalue weighted by atomic mass is 9.31. The molecule has 0 amide bonds. The molecule has 33 heavy (non-hydrogen) atoms. The van der Waals surface area contributed by atoms with Crippen molar-refractivity contribution in [1.29, 1.82) is 0 Å². The molecule has 190 valence electrons. The summed E-state index contributed by atoms with van der Waals surface area (Å²) in [7, 11) is 0. The van der Waals surface area contributed by atoms with E-state index >= 15 is 0 Å². The van der Waals surface area contributed by atoms with E-state index in [1.807, 2.05) is 13.8 Å². The average Bonchev–Trinajstić information content (AvgIpc) is 3.05. The Morgan fingerprint density at radius 3 is 1.88 bits per heavy atom. The molecule has 0 saturated heterocycles. The van der Waals surface area contributed by atoms with Crippen LogP contribution >= 0.6 is 0 Å². The summed E-state index contributed by atoms with van der Waals surface area (Å²) >= 11 is 0. The standard InChI is InChI=1S/C30H52O3/c1-25(2)20-13-16-29(7)22(30(20,8)24(32)17-23(25)31)10-9-21-27(5)14-11-18(26(3,4)33)19(27)12-15-28(21,29)6/h18-24,31-33H,9-17H2,1-8H3/t18-,19-,20?,21+,22-,23-,24+,27-,28+,29+,30-/m0/s1. The Morgan fingerprint density at radius 1 is 0.667 bits per heavy atom. The van der Waals surface area contributed by atoms with Crippen LogP contribution in [-0.4, -0.2) is 33.1 Å². The van der Waals surface area contributed by atoms with Crippen LogP contribution in [0.4, 0.5) is 0 Å². The second-order valence-corrected chi connectivity index (χ2v) is 15.5. The Hall–Kier alpha value is -0.120. The second kappa shape index (κ2) is 7.00. The maximum Gasteiger partial charge on any atom is 0.0624 e. The van der Waals surface area contributed by atoms with Crippen LogP contribution in [0.5, 0.6) is 0 Å². The van der Waals surface area contributed by atoms with Gasteiger partial charge in [0.2, 0.25) is 0 Å². The van der Waals surface area contributed by atoms with Crippen LogP contribution in [0.15, 0.2) is 0 Å². The molecule has 5 aliphatic carbocycles. The molecular formula is C30H52O3. The first-order valence-electron chi connectivity index (χ1n) is 14.1. The molecule has 0 aromatic heterocycles. The van der Waals surface area contributed by atoms with Gasteiger partial charge in [0.15, 0.2) is 0 Å². The molecule has 1 unspecified atom stereocenters. The highest BCUT2D eigenvalue weighted by atomic mass is 16.3. The Balaban J connectivity index is 1.54. The largest absolute Gasteiger partial charge is 0.392 e. The SMILES string of the molecule is CC(C)(O)[C@H]1CC[C@]2(C)[C@H]3CC[C@@H]4[C@]5(C)C(CC[C@@]4(C)[C@]3(C)CC[C@@H]12)C(C)(C)[C@@H](O)C[C@H]5O. The van der Waals surface area contributed by atoms with Gasteiger partial charge in [0.1, 0.15) is 0 Å². The van der Waals surface area contributed by atoms with Gasteiger partial charge in [0, 0.05) is 11.8 Å². The van der Waals surface area contributed by atoms with Gasteiger partial charge in [-0.05, 0) is 116 Å². The molecule has 5 fully saturated rings. The highest BCUT2D eigenvalue weighted by Gasteiger charge is 2.72. The van der Waals surface area contributed by atoms with E-state index in [1.54, 1.807) is 0 Å². The van der Waals surface area contributed by atoms with E-state index in [1.165, 1.54) is 44.9 Å². The van der Waals surface area contributed by atoms with E-state index in [9.17, 15) is 15.3 Å². The van der Waals surface area contributed by atoms with E-state index in [0.29, 0.717) is 41.4 Å². The molecule has 5 saturated carbocycles. The summed E-state index contributed by atoms with van der Waals surface area (Å²) in [6, 6.07) is 0. The van der Waals surface area contributed by atoms with E-state index < -0.39 is 17.8 Å². The monoisotopic (exact) mass is 460 g/mol. The molecule has 11 atom stereocenters. The molecule has 0 heterocycles. The van der Waals surface area contributed by atoms with Gasteiger partial charge in [-0.2, -0.15) is 0 Å². The summed E-state index contributed by atoms with van der Waals surface area (Å²) in [6.45, 7) is 18.8. The molecule has 0 aromatic rings.